The molecular weight excluding hydrogens is 294 g/mol. The van der Waals surface area contributed by atoms with Gasteiger partial charge in [-0.1, -0.05) is 33.1 Å². The summed E-state index contributed by atoms with van der Waals surface area (Å²) in [5.41, 5.74) is 1.91. The molecule has 1 aromatic rings. The third kappa shape index (κ3) is 5.58. The predicted molar refractivity (Wildman–Crippen MR) is 92.7 cm³/mol. The Labute approximate surface area is 138 Å². The molecule has 0 heterocycles. The summed E-state index contributed by atoms with van der Waals surface area (Å²) in [5, 5.41) is 11.0. The number of benzene rings is 1. The molecule has 0 atom stereocenters. The van der Waals surface area contributed by atoms with Gasteiger partial charge in [-0.05, 0) is 30.5 Å². The summed E-state index contributed by atoms with van der Waals surface area (Å²) in [7, 11) is 3.21. The molecule has 5 nitrogen and oxygen atoms in total. The van der Waals surface area contributed by atoms with Crippen molar-refractivity contribution in [2.24, 2.45) is 0 Å². The van der Waals surface area contributed by atoms with E-state index >= 15 is 0 Å². The highest BCUT2D eigenvalue weighted by molar-refractivity contribution is 5.62. The highest BCUT2D eigenvalue weighted by Gasteiger charge is 2.14. The minimum atomic E-state index is -0.357. The van der Waals surface area contributed by atoms with E-state index in [2.05, 4.69) is 6.92 Å². The summed E-state index contributed by atoms with van der Waals surface area (Å²) in [4.78, 5) is 10.7. The van der Waals surface area contributed by atoms with Crippen molar-refractivity contribution in [2.45, 2.75) is 52.4 Å². The van der Waals surface area contributed by atoms with E-state index in [9.17, 15) is 10.1 Å². The van der Waals surface area contributed by atoms with Gasteiger partial charge in [-0.15, -0.1) is 0 Å². The molecule has 0 aliphatic heterocycles. The van der Waals surface area contributed by atoms with Crippen LogP contribution in [0.1, 0.15) is 57.1 Å². The second-order valence-electron chi connectivity index (χ2n) is 5.46. The molecule has 1 rings (SSSR count). The van der Waals surface area contributed by atoms with Gasteiger partial charge in [0.2, 0.25) is 5.70 Å². The summed E-state index contributed by atoms with van der Waals surface area (Å²) in [6, 6.07) is 3.76. The van der Waals surface area contributed by atoms with Gasteiger partial charge in [0, 0.05) is 18.1 Å². The average Bonchev–Trinajstić information content (AvgIpc) is 2.56. The standard InChI is InChI=1S/C18H27NO4/c1-5-7-8-9-10-14-12-18(23-4)15(13-17(14)22-3)11-16(6-2)19(20)21/h11-13H,5-10H2,1-4H3. The van der Waals surface area contributed by atoms with Crippen molar-refractivity contribution < 1.29 is 14.4 Å². The minimum absolute atomic E-state index is 0.154. The van der Waals surface area contributed by atoms with E-state index in [1.165, 1.54) is 19.3 Å². The van der Waals surface area contributed by atoms with E-state index in [0.29, 0.717) is 17.7 Å². The molecule has 5 heteroatoms. The molecule has 0 aliphatic rings. The molecule has 0 bridgehead atoms. The number of nitrogens with zero attached hydrogens (tertiary/aromatic N) is 1. The van der Waals surface area contributed by atoms with Crippen LogP contribution in [0.4, 0.5) is 0 Å². The van der Waals surface area contributed by atoms with Crippen LogP contribution in [-0.2, 0) is 6.42 Å². The topological polar surface area (TPSA) is 61.6 Å². The Bertz CT molecular complexity index is 552. The zero-order valence-corrected chi connectivity index (χ0v) is 14.6. The number of hydrogen-bond donors (Lipinski definition) is 0. The van der Waals surface area contributed by atoms with Crippen LogP contribution in [-0.4, -0.2) is 19.1 Å². The van der Waals surface area contributed by atoms with Crippen LogP contribution >= 0.6 is 0 Å². The van der Waals surface area contributed by atoms with Gasteiger partial charge in [-0.25, -0.2) is 0 Å². The Morgan fingerprint density at radius 1 is 1.13 bits per heavy atom. The molecule has 0 aliphatic carbocycles. The molecule has 0 aromatic heterocycles. The molecule has 128 valence electrons. The summed E-state index contributed by atoms with van der Waals surface area (Å²) in [6.45, 7) is 3.95. The van der Waals surface area contributed by atoms with Crippen molar-refractivity contribution in [3.8, 4) is 11.5 Å². The van der Waals surface area contributed by atoms with Crippen LogP contribution in [0.15, 0.2) is 17.8 Å². The van der Waals surface area contributed by atoms with E-state index < -0.39 is 0 Å². The number of allylic oxidation sites excluding steroid dienone is 1. The van der Waals surface area contributed by atoms with Gasteiger partial charge in [0.25, 0.3) is 0 Å². The number of rotatable bonds is 10. The molecule has 0 amide bonds. The first kappa shape index (κ1) is 19.0. The van der Waals surface area contributed by atoms with Gasteiger partial charge >= 0.3 is 0 Å². The van der Waals surface area contributed by atoms with Crippen molar-refractivity contribution in [1.29, 1.82) is 0 Å². The Morgan fingerprint density at radius 2 is 1.83 bits per heavy atom. The largest absolute Gasteiger partial charge is 0.496 e. The maximum absolute atomic E-state index is 11.0. The summed E-state index contributed by atoms with van der Waals surface area (Å²) in [6.07, 6.45) is 7.54. The second-order valence-corrected chi connectivity index (χ2v) is 5.46. The van der Waals surface area contributed by atoms with Gasteiger partial charge < -0.3 is 9.47 Å². The normalized spacial score (nSPS) is 11.4. The summed E-state index contributed by atoms with van der Waals surface area (Å²) in [5.74, 6) is 1.40. The molecule has 0 saturated heterocycles. The number of nitro groups is 1. The van der Waals surface area contributed by atoms with E-state index in [1.807, 2.05) is 12.1 Å². The first-order valence-corrected chi connectivity index (χ1v) is 8.17. The highest BCUT2D eigenvalue weighted by Crippen LogP contribution is 2.32. The lowest BCUT2D eigenvalue weighted by atomic mass is 10.0. The first-order chi connectivity index (χ1) is 11.1. The highest BCUT2D eigenvalue weighted by atomic mass is 16.6. The maximum atomic E-state index is 11.0. The molecule has 0 unspecified atom stereocenters. The van der Waals surface area contributed by atoms with Crippen molar-refractivity contribution in [1.82, 2.24) is 0 Å². The molecule has 0 fully saturated rings. The van der Waals surface area contributed by atoms with Crippen LogP contribution in [0.2, 0.25) is 0 Å². The van der Waals surface area contributed by atoms with Gasteiger partial charge in [0.1, 0.15) is 11.5 Å². The smallest absolute Gasteiger partial charge is 0.246 e. The number of hydrogen-bond acceptors (Lipinski definition) is 4. The molecule has 1 aromatic carbocycles. The monoisotopic (exact) mass is 321 g/mol. The maximum Gasteiger partial charge on any atom is 0.246 e. The Kier molecular flexibility index (Phi) is 8.16. The predicted octanol–water partition coefficient (Wildman–Crippen LogP) is 4.85. The van der Waals surface area contributed by atoms with Crippen LogP contribution in [0.25, 0.3) is 6.08 Å². The SMILES string of the molecule is CCCCCCc1cc(OC)c(C=C(CC)[N+](=O)[O-])cc1OC. The van der Waals surface area contributed by atoms with Crippen LogP contribution in [0.3, 0.4) is 0 Å². The lowest BCUT2D eigenvalue weighted by Gasteiger charge is -2.13. The van der Waals surface area contributed by atoms with Gasteiger partial charge in [-0.2, -0.15) is 0 Å². The quantitative estimate of drug-likeness (QED) is 0.351. The van der Waals surface area contributed by atoms with E-state index in [4.69, 9.17) is 9.47 Å². The van der Waals surface area contributed by atoms with Gasteiger partial charge in [-0.3, -0.25) is 10.1 Å². The first-order valence-electron chi connectivity index (χ1n) is 8.17. The van der Waals surface area contributed by atoms with Crippen molar-refractivity contribution in [3.05, 3.63) is 39.1 Å². The second kappa shape index (κ2) is 9.87. The van der Waals surface area contributed by atoms with E-state index in [0.717, 1.165) is 24.2 Å². The third-order valence-electron chi connectivity index (χ3n) is 3.85. The fraction of sp³-hybridized carbons (Fsp3) is 0.556. The molecule has 0 spiro atoms. The zero-order valence-electron chi connectivity index (χ0n) is 14.6. The fourth-order valence-corrected chi connectivity index (χ4v) is 2.50. The molecule has 0 radical (unpaired) electrons. The van der Waals surface area contributed by atoms with E-state index in [1.54, 1.807) is 27.2 Å². The zero-order chi connectivity index (χ0) is 17.2. The molecule has 23 heavy (non-hydrogen) atoms. The van der Waals surface area contributed by atoms with Crippen LogP contribution in [0, 0.1) is 10.1 Å². The summed E-state index contributed by atoms with van der Waals surface area (Å²) >= 11 is 0. The van der Waals surface area contributed by atoms with Crippen LogP contribution < -0.4 is 9.47 Å². The molecule has 0 saturated carbocycles. The number of methoxy groups -OCH3 is 2. The van der Waals surface area contributed by atoms with Gasteiger partial charge in [0.05, 0.1) is 19.1 Å². The molecular formula is C18H27NO4. The molecule has 0 N–H and O–H groups in total. The minimum Gasteiger partial charge on any atom is -0.496 e. The Morgan fingerprint density at radius 3 is 2.35 bits per heavy atom. The van der Waals surface area contributed by atoms with Crippen molar-refractivity contribution in [2.75, 3.05) is 14.2 Å². The van der Waals surface area contributed by atoms with E-state index in [-0.39, 0.29) is 10.6 Å². The number of aryl methyl sites for hydroxylation is 1. The lowest BCUT2D eigenvalue weighted by molar-refractivity contribution is -0.425. The van der Waals surface area contributed by atoms with Crippen molar-refractivity contribution >= 4 is 6.08 Å². The Hall–Kier alpha value is -2.04. The summed E-state index contributed by atoms with van der Waals surface area (Å²) < 4.78 is 10.9. The number of ether oxygens (including phenoxy) is 2. The number of unbranched alkanes of at least 4 members (excludes halogenated alkanes) is 3. The Balaban J connectivity index is 3.12. The lowest BCUT2D eigenvalue weighted by Crippen LogP contribution is -2.00. The van der Waals surface area contributed by atoms with Crippen LogP contribution in [0.5, 0.6) is 11.5 Å². The van der Waals surface area contributed by atoms with Crippen molar-refractivity contribution in [3.63, 3.8) is 0 Å². The fourth-order valence-electron chi connectivity index (χ4n) is 2.50. The van der Waals surface area contributed by atoms with Gasteiger partial charge in [0.15, 0.2) is 0 Å². The third-order valence-corrected chi connectivity index (χ3v) is 3.85. The average molecular weight is 321 g/mol.